The monoisotopic (exact) mass is 511 g/mol. The standard InChI is InChI=1S/C29H33N7O2/c1-19(2)16-23-17-27(35(3)34-23)28(37)31-22-9-7-20(8-10-22)21-11-14-36(15-12-21)29(38)26-18-25(32-33-26)24-6-4-5-13-30-24/h4-10,13,17-19,21H,11-12,14-16H2,1-3H3,(H,31,37)(H,32,33). The number of rotatable bonds is 7. The molecule has 2 N–H and O–H groups in total. The number of pyridine rings is 1. The molecule has 3 aromatic heterocycles. The highest BCUT2D eigenvalue weighted by Crippen LogP contribution is 2.30. The molecule has 1 aromatic carbocycles. The number of aryl methyl sites for hydroxylation is 1. The van der Waals surface area contributed by atoms with Gasteiger partial charge in [-0.25, -0.2) is 0 Å². The van der Waals surface area contributed by atoms with E-state index in [9.17, 15) is 9.59 Å². The molecule has 0 saturated carbocycles. The van der Waals surface area contributed by atoms with Gasteiger partial charge in [-0.1, -0.05) is 32.0 Å². The average molecular weight is 512 g/mol. The number of carbonyl (C=O) groups excluding carboxylic acids is 2. The minimum absolute atomic E-state index is 0.0390. The van der Waals surface area contributed by atoms with Gasteiger partial charge in [0.1, 0.15) is 17.1 Å². The molecule has 0 unspecified atom stereocenters. The maximum Gasteiger partial charge on any atom is 0.273 e. The third-order valence-electron chi connectivity index (χ3n) is 6.94. The molecule has 2 amide bonds. The van der Waals surface area contributed by atoms with Crippen LogP contribution in [0.25, 0.3) is 11.4 Å². The highest BCUT2D eigenvalue weighted by Gasteiger charge is 2.26. The van der Waals surface area contributed by atoms with Crippen molar-refractivity contribution in [3.05, 3.63) is 83.4 Å². The first-order valence-corrected chi connectivity index (χ1v) is 13.1. The maximum absolute atomic E-state index is 13.0. The quantitative estimate of drug-likeness (QED) is 0.375. The Labute approximate surface area is 222 Å². The molecule has 9 heteroatoms. The van der Waals surface area contributed by atoms with Crippen LogP contribution in [0.1, 0.15) is 64.8 Å². The molecule has 0 spiro atoms. The van der Waals surface area contributed by atoms with Crippen LogP contribution in [-0.2, 0) is 13.5 Å². The Bertz CT molecular complexity index is 1400. The molecule has 1 saturated heterocycles. The van der Waals surface area contributed by atoms with E-state index in [0.29, 0.717) is 42.0 Å². The second-order valence-electron chi connectivity index (χ2n) is 10.3. The Morgan fingerprint density at radius 3 is 2.50 bits per heavy atom. The predicted octanol–water partition coefficient (Wildman–Crippen LogP) is 4.68. The van der Waals surface area contributed by atoms with Crippen molar-refractivity contribution >= 4 is 17.5 Å². The molecular weight excluding hydrogens is 478 g/mol. The van der Waals surface area contributed by atoms with Gasteiger partial charge in [0.2, 0.25) is 0 Å². The molecule has 9 nitrogen and oxygen atoms in total. The van der Waals surface area contributed by atoms with Gasteiger partial charge in [-0.3, -0.25) is 24.4 Å². The van der Waals surface area contributed by atoms with Crippen molar-refractivity contribution in [1.82, 2.24) is 29.9 Å². The fraction of sp³-hybridized carbons (Fsp3) is 0.345. The van der Waals surface area contributed by atoms with E-state index in [1.165, 1.54) is 5.56 Å². The highest BCUT2D eigenvalue weighted by atomic mass is 16.2. The SMILES string of the molecule is CC(C)Cc1cc(C(=O)Nc2ccc(C3CCN(C(=O)c4cc(-c5ccccn5)n[nH]4)CC3)cc2)n(C)n1. The van der Waals surface area contributed by atoms with Gasteiger partial charge >= 0.3 is 0 Å². The number of hydrogen-bond donors (Lipinski definition) is 2. The summed E-state index contributed by atoms with van der Waals surface area (Å²) >= 11 is 0. The van der Waals surface area contributed by atoms with Gasteiger partial charge in [0.05, 0.1) is 11.4 Å². The fourth-order valence-electron chi connectivity index (χ4n) is 4.95. The number of aromatic amines is 1. The van der Waals surface area contributed by atoms with Gasteiger partial charge in [0, 0.05) is 32.0 Å². The Kier molecular flexibility index (Phi) is 7.35. The van der Waals surface area contributed by atoms with Gasteiger partial charge in [0.15, 0.2) is 0 Å². The second kappa shape index (κ2) is 11.0. The summed E-state index contributed by atoms with van der Waals surface area (Å²) in [5, 5.41) is 14.6. The number of nitrogens with one attached hydrogen (secondary N) is 2. The highest BCUT2D eigenvalue weighted by molar-refractivity contribution is 6.03. The third-order valence-corrected chi connectivity index (χ3v) is 6.94. The Hall–Kier alpha value is -4.27. The van der Waals surface area contributed by atoms with Crippen molar-refractivity contribution in [2.45, 2.75) is 39.0 Å². The Balaban J connectivity index is 1.15. The summed E-state index contributed by atoms with van der Waals surface area (Å²) in [6.07, 6.45) is 4.31. The number of likely N-dealkylation sites (tertiary alicyclic amines) is 1. The molecular formula is C29H33N7O2. The van der Waals surface area contributed by atoms with Gasteiger partial charge in [-0.2, -0.15) is 10.2 Å². The normalized spacial score (nSPS) is 14.2. The molecule has 38 heavy (non-hydrogen) atoms. The first-order valence-electron chi connectivity index (χ1n) is 13.1. The number of H-pyrrole nitrogens is 1. The van der Waals surface area contributed by atoms with Crippen LogP contribution in [0.15, 0.2) is 60.8 Å². The van der Waals surface area contributed by atoms with Crippen LogP contribution in [0.5, 0.6) is 0 Å². The molecule has 196 valence electrons. The zero-order chi connectivity index (χ0) is 26.6. The van der Waals surface area contributed by atoms with Crippen LogP contribution in [0.2, 0.25) is 0 Å². The van der Waals surface area contributed by atoms with Crippen LogP contribution in [0.4, 0.5) is 5.69 Å². The Morgan fingerprint density at radius 1 is 1.05 bits per heavy atom. The lowest BCUT2D eigenvalue weighted by molar-refractivity contribution is 0.0707. The van der Waals surface area contributed by atoms with Crippen LogP contribution >= 0.6 is 0 Å². The maximum atomic E-state index is 13.0. The van der Waals surface area contributed by atoms with Crippen molar-refractivity contribution in [2.24, 2.45) is 13.0 Å². The topological polar surface area (TPSA) is 109 Å². The van der Waals surface area contributed by atoms with Crippen molar-refractivity contribution < 1.29 is 9.59 Å². The number of benzene rings is 1. The molecule has 1 aliphatic heterocycles. The molecule has 1 aliphatic rings. The summed E-state index contributed by atoms with van der Waals surface area (Å²) in [4.78, 5) is 32.0. The lowest BCUT2D eigenvalue weighted by atomic mass is 9.89. The van der Waals surface area contributed by atoms with E-state index in [0.717, 1.165) is 36.3 Å². The largest absolute Gasteiger partial charge is 0.337 e. The molecule has 0 radical (unpaired) electrons. The van der Waals surface area contributed by atoms with Crippen molar-refractivity contribution in [2.75, 3.05) is 18.4 Å². The molecule has 4 aromatic rings. The van der Waals surface area contributed by atoms with E-state index in [4.69, 9.17) is 0 Å². The van der Waals surface area contributed by atoms with E-state index in [1.54, 1.807) is 24.0 Å². The summed E-state index contributed by atoms with van der Waals surface area (Å²) in [5.41, 5.74) is 5.32. The number of piperidine rings is 1. The van der Waals surface area contributed by atoms with E-state index < -0.39 is 0 Å². The number of anilines is 1. The van der Waals surface area contributed by atoms with Crippen molar-refractivity contribution in [3.8, 4) is 11.4 Å². The predicted molar refractivity (Wildman–Crippen MR) is 146 cm³/mol. The summed E-state index contributed by atoms with van der Waals surface area (Å²) in [6, 6.07) is 17.3. The van der Waals surface area contributed by atoms with Crippen LogP contribution in [0.3, 0.4) is 0 Å². The summed E-state index contributed by atoms with van der Waals surface area (Å²) in [5.74, 6) is 0.640. The van der Waals surface area contributed by atoms with Gasteiger partial charge in [-0.05, 0) is 73.1 Å². The smallest absolute Gasteiger partial charge is 0.273 e. The number of hydrogen-bond acceptors (Lipinski definition) is 5. The van der Waals surface area contributed by atoms with Crippen LogP contribution in [-0.4, -0.2) is 54.8 Å². The molecule has 4 heterocycles. The number of nitrogens with zero attached hydrogens (tertiary/aromatic N) is 5. The number of amides is 2. The summed E-state index contributed by atoms with van der Waals surface area (Å²) in [6.45, 7) is 5.63. The lowest BCUT2D eigenvalue weighted by Gasteiger charge is -2.32. The van der Waals surface area contributed by atoms with E-state index in [1.807, 2.05) is 41.3 Å². The molecule has 1 fully saturated rings. The van der Waals surface area contributed by atoms with Gasteiger partial charge in [-0.15, -0.1) is 0 Å². The first-order chi connectivity index (χ1) is 18.4. The second-order valence-corrected chi connectivity index (χ2v) is 10.3. The van der Waals surface area contributed by atoms with Gasteiger partial charge in [0.25, 0.3) is 11.8 Å². The Morgan fingerprint density at radius 2 is 1.82 bits per heavy atom. The zero-order valence-electron chi connectivity index (χ0n) is 22.0. The summed E-state index contributed by atoms with van der Waals surface area (Å²) in [7, 11) is 1.80. The average Bonchev–Trinajstić information content (AvgIpc) is 3.56. The molecule has 0 atom stereocenters. The third kappa shape index (κ3) is 5.66. The first kappa shape index (κ1) is 25.4. The van der Waals surface area contributed by atoms with E-state index in [-0.39, 0.29) is 11.8 Å². The molecule has 0 aliphatic carbocycles. The number of aromatic nitrogens is 5. The zero-order valence-corrected chi connectivity index (χ0v) is 22.0. The molecule has 0 bridgehead atoms. The van der Waals surface area contributed by atoms with Crippen molar-refractivity contribution in [1.29, 1.82) is 0 Å². The van der Waals surface area contributed by atoms with Crippen molar-refractivity contribution in [3.63, 3.8) is 0 Å². The van der Waals surface area contributed by atoms with Crippen LogP contribution < -0.4 is 5.32 Å². The minimum Gasteiger partial charge on any atom is -0.337 e. The van der Waals surface area contributed by atoms with E-state index >= 15 is 0 Å². The summed E-state index contributed by atoms with van der Waals surface area (Å²) < 4.78 is 1.64. The lowest BCUT2D eigenvalue weighted by Crippen LogP contribution is -2.38. The fourth-order valence-corrected chi connectivity index (χ4v) is 4.95. The van der Waals surface area contributed by atoms with E-state index in [2.05, 4.69) is 51.6 Å². The van der Waals surface area contributed by atoms with Gasteiger partial charge < -0.3 is 10.2 Å². The number of carbonyl (C=O) groups is 2. The molecule has 5 rings (SSSR count). The minimum atomic E-state index is -0.167. The van der Waals surface area contributed by atoms with Crippen LogP contribution in [0, 0.1) is 5.92 Å².